The molecule has 0 radical (unpaired) electrons. The fourth-order valence-corrected chi connectivity index (χ4v) is 2.65. The van der Waals surface area contributed by atoms with Gasteiger partial charge in [0.1, 0.15) is 0 Å². The third kappa shape index (κ3) is 3.94. The third-order valence-corrected chi connectivity index (χ3v) is 4.12. The maximum Gasteiger partial charge on any atom is 0.244 e. The molecule has 0 saturated heterocycles. The molecule has 0 fully saturated rings. The highest BCUT2D eigenvalue weighted by atomic mass is 16.1. The third-order valence-electron chi connectivity index (χ3n) is 4.12. The number of hydrogen-bond acceptors (Lipinski definition) is 3. The van der Waals surface area contributed by atoms with Gasteiger partial charge in [-0.05, 0) is 42.2 Å². The second-order valence-electron chi connectivity index (χ2n) is 6.37. The summed E-state index contributed by atoms with van der Waals surface area (Å²) in [6, 6.07) is 13.7. The van der Waals surface area contributed by atoms with Crippen molar-refractivity contribution in [1.82, 2.24) is 19.9 Å². The summed E-state index contributed by atoms with van der Waals surface area (Å²) in [5.41, 5.74) is 3.05. The number of fused-ring (bicyclic) bond motifs is 1. The minimum Gasteiger partial charge on any atom is -0.343 e. The van der Waals surface area contributed by atoms with Gasteiger partial charge in [0.25, 0.3) is 0 Å². The number of hydrogen-bond donors (Lipinski definition) is 1. The molecule has 0 aliphatic heterocycles. The number of carbonyl (C=O) groups is 1. The van der Waals surface area contributed by atoms with E-state index in [0.717, 1.165) is 11.2 Å². The van der Waals surface area contributed by atoms with Crippen LogP contribution in [0, 0.1) is 0 Å². The molecule has 25 heavy (non-hydrogen) atoms. The molecule has 2 aromatic heterocycles. The number of pyridine rings is 1. The lowest BCUT2D eigenvalue weighted by molar-refractivity contribution is -0.117. The first-order valence-corrected chi connectivity index (χ1v) is 8.43. The molecule has 1 N–H and O–H groups in total. The Morgan fingerprint density at radius 1 is 1.08 bits per heavy atom. The summed E-state index contributed by atoms with van der Waals surface area (Å²) in [6.07, 6.45) is 5.25. The fourth-order valence-electron chi connectivity index (χ4n) is 2.65. The van der Waals surface area contributed by atoms with Gasteiger partial charge in [0.15, 0.2) is 11.5 Å². The molecule has 0 bridgehead atoms. The summed E-state index contributed by atoms with van der Waals surface area (Å²) < 4.78 is 1.87. The first-order valence-electron chi connectivity index (χ1n) is 8.43. The van der Waals surface area contributed by atoms with Gasteiger partial charge in [0, 0.05) is 12.3 Å². The predicted molar refractivity (Wildman–Crippen MR) is 99.1 cm³/mol. The normalized spacial score (nSPS) is 12.8. The molecule has 5 nitrogen and oxygen atoms in total. The molecule has 1 atom stereocenters. The van der Waals surface area contributed by atoms with Gasteiger partial charge in [-0.25, -0.2) is 0 Å². The van der Waals surface area contributed by atoms with Crippen molar-refractivity contribution in [3.8, 4) is 0 Å². The van der Waals surface area contributed by atoms with Gasteiger partial charge in [0.05, 0.1) is 6.04 Å². The highest BCUT2D eigenvalue weighted by molar-refractivity contribution is 5.91. The largest absolute Gasteiger partial charge is 0.343 e. The van der Waals surface area contributed by atoms with Crippen LogP contribution >= 0.6 is 0 Å². The Balaban J connectivity index is 1.65. The predicted octanol–water partition coefficient (Wildman–Crippen LogP) is 3.74. The average Bonchev–Trinajstić information content (AvgIpc) is 3.04. The number of nitrogens with zero attached hydrogens (tertiary/aromatic N) is 3. The van der Waals surface area contributed by atoms with Crippen molar-refractivity contribution in [2.45, 2.75) is 32.7 Å². The van der Waals surface area contributed by atoms with Crippen LogP contribution in [0.4, 0.5) is 0 Å². The van der Waals surface area contributed by atoms with Gasteiger partial charge >= 0.3 is 0 Å². The molecule has 0 saturated carbocycles. The molecular weight excluding hydrogens is 312 g/mol. The van der Waals surface area contributed by atoms with Crippen molar-refractivity contribution in [3.05, 3.63) is 71.7 Å². The van der Waals surface area contributed by atoms with E-state index in [-0.39, 0.29) is 11.9 Å². The Hall–Kier alpha value is -2.95. The second kappa shape index (κ2) is 7.30. The first kappa shape index (κ1) is 16.9. The lowest BCUT2D eigenvalue weighted by Gasteiger charge is -2.10. The number of amides is 1. The fraction of sp³-hybridized carbons (Fsp3) is 0.250. The van der Waals surface area contributed by atoms with E-state index in [2.05, 4.69) is 41.5 Å². The maximum absolute atomic E-state index is 12.2. The lowest BCUT2D eigenvalue weighted by Crippen LogP contribution is -2.26. The van der Waals surface area contributed by atoms with E-state index in [1.807, 2.05) is 53.9 Å². The van der Waals surface area contributed by atoms with Crippen LogP contribution < -0.4 is 5.32 Å². The van der Waals surface area contributed by atoms with Crippen LogP contribution in [0.25, 0.3) is 11.7 Å². The smallest absolute Gasteiger partial charge is 0.244 e. The molecule has 1 amide bonds. The molecule has 1 aromatic carbocycles. The number of aromatic nitrogens is 3. The Morgan fingerprint density at radius 3 is 2.56 bits per heavy atom. The number of rotatable bonds is 5. The first-order chi connectivity index (χ1) is 12.0. The molecule has 0 spiro atoms. The number of carbonyl (C=O) groups excluding carboxylic acids is 1. The van der Waals surface area contributed by atoms with Crippen LogP contribution in [-0.2, 0) is 4.79 Å². The van der Waals surface area contributed by atoms with E-state index in [9.17, 15) is 4.79 Å². The summed E-state index contributed by atoms with van der Waals surface area (Å²) in [4.78, 5) is 12.2. The summed E-state index contributed by atoms with van der Waals surface area (Å²) in [7, 11) is 0. The molecular formula is C20H22N4O. The minimum absolute atomic E-state index is 0.159. The van der Waals surface area contributed by atoms with Crippen LogP contribution in [0.1, 0.15) is 49.7 Å². The monoisotopic (exact) mass is 334 g/mol. The molecule has 3 aromatic rings. The average molecular weight is 334 g/mol. The Labute approximate surface area is 147 Å². The van der Waals surface area contributed by atoms with Crippen molar-refractivity contribution in [3.63, 3.8) is 0 Å². The van der Waals surface area contributed by atoms with Gasteiger partial charge in [-0.3, -0.25) is 9.20 Å². The van der Waals surface area contributed by atoms with E-state index in [1.165, 1.54) is 5.56 Å². The number of nitrogens with one attached hydrogen (secondary N) is 1. The van der Waals surface area contributed by atoms with E-state index < -0.39 is 0 Å². The molecule has 0 aliphatic carbocycles. The van der Waals surface area contributed by atoms with E-state index in [0.29, 0.717) is 11.7 Å². The van der Waals surface area contributed by atoms with Crippen molar-refractivity contribution in [1.29, 1.82) is 0 Å². The maximum atomic E-state index is 12.2. The molecule has 3 rings (SSSR count). The standard InChI is InChI=1S/C20H22N4O/c1-14(2)17-10-7-16(8-11-17)9-12-19(25)21-15(3)20-23-22-18-6-4-5-13-24(18)20/h4-15H,1-3H3,(H,21,25)/b12-9+. The van der Waals surface area contributed by atoms with Gasteiger partial charge in [0.2, 0.25) is 5.91 Å². The highest BCUT2D eigenvalue weighted by Gasteiger charge is 2.14. The van der Waals surface area contributed by atoms with Crippen LogP contribution in [0.5, 0.6) is 0 Å². The Morgan fingerprint density at radius 2 is 1.84 bits per heavy atom. The van der Waals surface area contributed by atoms with Crippen molar-refractivity contribution >= 4 is 17.6 Å². The zero-order valence-corrected chi connectivity index (χ0v) is 14.7. The summed E-state index contributed by atoms with van der Waals surface area (Å²) in [6.45, 7) is 6.22. The second-order valence-corrected chi connectivity index (χ2v) is 6.37. The topological polar surface area (TPSA) is 59.3 Å². The molecule has 128 valence electrons. The quantitative estimate of drug-likeness (QED) is 0.723. The zero-order valence-electron chi connectivity index (χ0n) is 14.7. The molecule has 2 heterocycles. The molecule has 5 heteroatoms. The van der Waals surface area contributed by atoms with Crippen molar-refractivity contribution < 1.29 is 4.79 Å². The van der Waals surface area contributed by atoms with Gasteiger partial charge < -0.3 is 5.32 Å². The Kier molecular flexibility index (Phi) is 4.93. The molecule has 0 aliphatic rings. The molecule has 1 unspecified atom stereocenters. The van der Waals surface area contributed by atoms with Crippen LogP contribution in [0.15, 0.2) is 54.7 Å². The van der Waals surface area contributed by atoms with Crippen molar-refractivity contribution in [2.24, 2.45) is 0 Å². The van der Waals surface area contributed by atoms with Crippen LogP contribution in [-0.4, -0.2) is 20.5 Å². The van der Waals surface area contributed by atoms with Gasteiger partial charge in [-0.2, -0.15) is 0 Å². The zero-order chi connectivity index (χ0) is 17.8. The van der Waals surface area contributed by atoms with E-state index in [4.69, 9.17) is 0 Å². The number of benzene rings is 1. The van der Waals surface area contributed by atoms with Crippen molar-refractivity contribution in [2.75, 3.05) is 0 Å². The highest BCUT2D eigenvalue weighted by Crippen LogP contribution is 2.15. The minimum atomic E-state index is -0.238. The van der Waals surface area contributed by atoms with E-state index >= 15 is 0 Å². The summed E-state index contributed by atoms with van der Waals surface area (Å²) in [5.74, 6) is 1.05. The van der Waals surface area contributed by atoms with Gasteiger partial charge in [-0.1, -0.05) is 44.2 Å². The lowest BCUT2D eigenvalue weighted by atomic mass is 10.0. The SMILES string of the molecule is CC(C)c1ccc(/C=C/C(=O)NC(C)c2nnc3ccccn23)cc1. The Bertz CT molecular complexity index is 893. The summed E-state index contributed by atoms with van der Waals surface area (Å²) >= 11 is 0. The van der Waals surface area contributed by atoms with Crippen LogP contribution in [0.3, 0.4) is 0 Å². The summed E-state index contributed by atoms with van der Waals surface area (Å²) in [5, 5.41) is 11.2. The van der Waals surface area contributed by atoms with E-state index in [1.54, 1.807) is 6.08 Å². The van der Waals surface area contributed by atoms with Gasteiger partial charge in [-0.15, -0.1) is 10.2 Å². The van der Waals surface area contributed by atoms with Crippen LogP contribution in [0.2, 0.25) is 0 Å².